The smallest absolute Gasteiger partial charge is 0.471 e. The van der Waals surface area contributed by atoms with E-state index in [-0.39, 0.29) is 5.82 Å². The average molecular weight is 366 g/mol. The van der Waals surface area contributed by atoms with E-state index in [1.807, 2.05) is 32.0 Å². The monoisotopic (exact) mass is 366 g/mol. The number of nitrogens with zero attached hydrogens (tertiary/aromatic N) is 2. The van der Waals surface area contributed by atoms with Crippen LogP contribution in [0.2, 0.25) is 0 Å². The van der Waals surface area contributed by atoms with Crippen LogP contribution in [0.3, 0.4) is 0 Å². The second kappa shape index (κ2) is 6.53. The molecule has 0 fully saturated rings. The highest BCUT2D eigenvalue weighted by molar-refractivity contribution is 7.91. The highest BCUT2D eigenvalue weighted by atomic mass is 32.2. The largest absolute Gasteiger partial charge is 0.606 e. The minimum Gasteiger partial charge on any atom is -0.606 e. The second-order valence-corrected chi connectivity index (χ2v) is 6.93. The molecule has 0 spiro atoms. The zero-order valence-corrected chi connectivity index (χ0v) is 14.1. The Morgan fingerprint density at radius 3 is 2.32 bits per heavy atom. The van der Waals surface area contributed by atoms with Gasteiger partial charge in [-0.15, -0.1) is 0 Å². The molecule has 4 nitrogen and oxygen atoms in total. The number of alkyl halides is 3. The summed E-state index contributed by atoms with van der Waals surface area (Å²) in [6.45, 7) is 3.79. The third-order valence-electron chi connectivity index (χ3n) is 3.54. The molecule has 0 aliphatic rings. The molecule has 1 atom stereocenters. The average Bonchev–Trinajstić information content (AvgIpc) is 3.07. The predicted molar refractivity (Wildman–Crippen MR) is 85.3 cm³/mol. The summed E-state index contributed by atoms with van der Waals surface area (Å²) in [7, 11) is 0. The fourth-order valence-corrected chi connectivity index (χ4v) is 3.51. The van der Waals surface area contributed by atoms with Crippen molar-refractivity contribution in [1.82, 2.24) is 10.1 Å². The minimum absolute atomic E-state index is 0.170. The van der Waals surface area contributed by atoms with Gasteiger partial charge >= 0.3 is 12.1 Å². The van der Waals surface area contributed by atoms with E-state index in [9.17, 15) is 17.7 Å². The zero-order valence-electron chi connectivity index (χ0n) is 13.3. The molecule has 1 unspecified atom stereocenters. The lowest BCUT2D eigenvalue weighted by molar-refractivity contribution is -0.159. The summed E-state index contributed by atoms with van der Waals surface area (Å²) in [6.07, 6.45) is -4.69. The zero-order chi connectivity index (χ0) is 18.2. The first kappa shape index (κ1) is 17.5. The normalized spacial score (nSPS) is 13.0. The summed E-state index contributed by atoms with van der Waals surface area (Å²) >= 11 is -1.39. The first-order chi connectivity index (χ1) is 11.8. The Morgan fingerprint density at radius 1 is 1.04 bits per heavy atom. The van der Waals surface area contributed by atoms with Crippen LogP contribution < -0.4 is 0 Å². The van der Waals surface area contributed by atoms with Gasteiger partial charge < -0.3 is 9.08 Å². The van der Waals surface area contributed by atoms with Crippen LogP contribution in [0.4, 0.5) is 13.2 Å². The number of aryl methyl sites for hydroxylation is 2. The van der Waals surface area contributed by atoms with Crippen LogP contribution in [0.25, 0.3) is 11.4 Å². The molecule has 0 saturated heterocycles. The van der Waals surface area contributed by atoms with E-state index in [1.165, 1.54) is 12.1 Å². The maximum atomic E-state index is 12.7. The lowest BCUT2D eigenvalue weighted by Crippen LogP contribution is -2.05. The van der Waals surface area contributed by atoms with Gasteiger partial charge in [-0.1, -0.05) is 17.3 Å². The van der Waals surface area contributed by atoms with E-state index in [4.69, 9.17) is 0 Å². The van der Waals surface area contributed by atoms with Gasteiger partial charge in [-0.3, -0.25) is 0 Å². The van der Waals surface area contributed by atoms with Crippen LogP contribution in [0.1, 0.15) is 17.0 Å². The molecular formula is C17H13F3N2O2S. The molecule has 8 heteroatoms. The van der Waals surface area contributed by atoms with Gasteiger partial charge in [-0.2, -0.15) is 18.2 Å². The number of hydrogen-bond donors (Lipinski definition) is 0. The maximum Gasteiger partial charge on any atom is 0.471 e. The van der Waals surface area contributed by atoms with Crippen molar-refractivity contribution in [2.75, 3.05) is 0 Å². The van der Waals surface area contributed by atoms with E-state index >= 15 is 0 Å². The van der Waals surface area contributed by atoms with Crippen LogP contribution in [-0.2, 0) is 17.4 Å². The molecule has 1 aromatic heterocycles. The van der Waals surface area contributed by atoms with Gasteiger partial charge in [-0.25, -0.2) is 0 Å². The van der Waals surface area contributed by atoms with Gasteiger partial charge in [0, 0.05) is 22.3 Å². The summed E-state index contributed by atoms with van der Waals surface area (Å²) in [6, 6.07) is 11.9. The van der Waals surface area contributed by atoms with Gasteiger partial charge in [0.2, 0.25) is 5.82 Å². The van der Waals surface area contributed by atoms with Gasteiger partial charge in [0.1, 0.15) is 0 Å². The molecule has 0 bridgehead atoms. The fourth-order valence-electron chi connectivity index (χ4n) is 2.22. The standard InChI is InChI=1S/C17H13F3N2O2S/c1-10-3-4-11(2)14(9-10)25(23)13-7-5-12(6-8-13)15-21-16(24-22-15)17(18,19)20/h3-9H,1-2H3. The van der Waals surface area contributed by atoms with Gasteiger partial charge in [0.25, 0.3) is 0 Å². The Balaban J connectivity index is 1.87. The second-order valence-electron chi connectivity index (χ2n) is 5.48. The Hall–Kier alpha value is -2.32. The molecule has 3 rings (SSSR count). The third kappa shape index (κ3) is 3.69. The van der Waals surface area contributed by atoms with Crippen LogP contribution in [0.15, 0.2) is 56.8 Å². The quantitative estimate of drug-likeness (QED) is 0.639. The summed E-state index contributed by atoms with van der Waals surface area (Å²) in [5.41, 5.74) is 2.25. The minimum atomic E-state index is -4.69. The molecule has 0 saturated carbocycles. The number of halogens is 3. The molecule has 2 aromatic carbocycles. The van der Waals surface area contributed by atoms with Crippen LogP contribution >= 0.6 is 0 Å². The highest BCUT2D eigenvalue weighted by Gasteiger charge is 2.38. The van der Waals surface area contributed by atoms with Crippen molar-refractivity contribution in [3.63, 3.8) is 0 Å². The van der Waals surface area contributed by atoms with Crippen LogP contribution in [-0.4, -0.2) is 14.7 Å². The molecule has 0 aliphatic carbocycles. The van der Waals surface area contributed by atoms with Crippen LogP contribution in [0, 0.1) is 13.8 Å². The third-order valence-corrected chi connectivity index (χ3v) is 5.08. The van der Waals surface area contributed by atoms with Gasteiger partial charge in [-0.05, 0) is 49.7 Å². The predicted octanol–water partition coefficient (Wildman–Crippen LogP) is 4.54. The first-order valence-electron chi connectivity index (χ1n) is 7.26. The molecule has 0 N–H and O–H groups in total. The van der Waals surface area contributed by atoms with Crippen molar-refractivity contribution in [1.29, 1.82) is 0 Å². The maximum absolute atomic E-state index is 12.7. The van der Waals surface area contributed by atoms with E-state index < -0.39 is 23.2 Å². The number of aromatic nitrogens is 2. The molecule has 130 valence electrons. The van der Waals surface area contributed by atoms with Gasteiger partial charge in [0.15, 0.2) is 9.79 Å². The molecule has 0 aliphatic heterocycles. The van der Waals surface area contributed by atoms with Crippen molar-refractivity contribution in [3.8, 4) is 11.4 Å². The molecule has 25 heavy (non-hydrogen) atoms. The molecule has 0 radical (unpaired) electrons. The summed E-state index contributed by atoms with van der Waals surface area (Å²) in [5, 5.41) is 3.33. The Morgan fingerprint density at radius 2 is 1.72 bits per heavy atom. The molecule has 0 amide bonds. The van der Waals surface area contributed by atoms with Gasteiger partial charge in [0.05, 0.1) is 0 Å². The van der Waals surface area contributed by atoms with E-state index in [2.05, 4.69) is 14.7 Å². The summed E-state index contributed by atoms with van der Waals surface area (Å²) in [4.78, 5) is 4.57. The molecule has 3 aromatic rings. The SMILES string of the molecule is Cc1ccc(C)c([S+]([O-])c2ccc(-c3noc(C(F)(F)F)n3)cc2)c1. The molecular weight excluding hydrogens is 353 g/mol. The van der Waals surface area contributed by atoms with Crippen molar-refractivity contribution in [2.24, 2.45) is 0 Å². The first-order valence-corrected chi connectivity index (χ1v) is 8.41. The number of hydrogen-bond acceptors (Lipinski definition) is 4. The van der Waals surface area contributed by atoms with Crippen molar-refractivity contribution < 1.29 is 22.2 Å². The Kier molecular flexibility index (Phi) is 4.57. The number of benzene rings is 2. The van der Waals surface area contributed by atoms with Crippen molar-refractivity contribution in [3.05, 3.63) is 59.5 Å². The lowest BCUT2D eigenvalue weighted by atomic mass is 10.2. The topological polar surface area (TPSA) is 62.0 Å². The van der Waals surface area contributed by atoms with E-state index in [0.717, 1.165) is 11.1 Å². The summed E-state index contributed by atoms with van der Waals surface area (Å²) < 4.78 is 54.5. The Bertz CT molecular complexity index is 892. The number of rotatable bonds is 3. The van der Waals surface area contributed by atoms with E-state index in [1.54, 1.807) is 12.1 Å². The Labute approximate surface area is 144 Å². The summed E-state index contributed by atoms with van der Waals surface area (Å²) in [5.74, 6) is -1.57. The fraction of sp³-hybridized carbons (Fsp3) is 0.176. The van der Waals surface area contributed by atoms with Crippen molar-refractivity contribution in [2.45, 2.75) is 29.8 Å². The van der Waals surface area contributed by atoms with Crippen LogP contribution in [0.5, 0.6) is 0 Å². The van der Waals surface area contributed by atoms with Crippen molar-refractivity contribution >= 4 is 11.2 Å². The highest BCUT2D eigenvalue weighted by Crippen LogP contribution is 2.30. The van der Waals surface area contributed by atoms with E-state index in [0.29, 0.717) is 15.4 Å². The molecule has 1 heterocycles. The lowest BCUT2D eigenvalue weighted by Gasteiger charge is -2.13.